The van der Waals surface area contributed by atoms with E-state index in [1.54, 1.807) is 32.4 Å². The van der Waals surface area contributed by atoms with E-state index in [0.29, 0.717) is 40.8 Å². The summed E-state index contributed by atoms with van der Waals surface area (Å²) in [6, 6.07) is 6.98. The maximum Gasteiger partial charge on any atom is 0.253 e. The molecule has 3 heterocycles. The van der Waals surface area contributed by atoms with Gasteiger partial charge in [0.05, 0.1) is 6.54 Å². The largest absolute Gasteiger partial charge is 0.315 e. The summed E-state index contributed by atoms with van der Waals surface area (Å²) in [5.74, 6) is -1.15. The fourth-order valence-electron chi connectivity index (χ4n) is 3.69. The molecule has 3 aromatic rings. The van der Waals surface area contributed by atoms with Crippen molar-refractivity contribution in [3.05, 3.63) is 81.5 Å². The van der Waals surface area contributed by atoms with E-state index >= 15 is 0 Å². The van der Waals surface area contributed by atoms with E-state index in [2.05, 4.69) is 4.98 Å². The summed E-state index contributed by atoms with van der Waals surface area (Å²) < 4.78 is 30.0. The maximum absolute atomic E-state index is 14.9. The lowest BCUT2D eigenvalue weighted by atomic mass is 9.93. The Morgan fingerprint density at radius 1 is 1.07 bits per heavy atom. The summed E-state index contributed by atoms with van der Waals surface area (Å²) in [4.78, 5) is 29.5. The summed E-state index contributed by atoms with van der Waals surface area (Å²) in [5.41, 5.74) is 3.29. The molecule has 0 saturated heterocycles. The number of carbonyl (C=O) groups is 1. The number of aromatic nitrogens is 2. The molecule has 4 rings (SSSR count). The van der Waals surface area contributed by atoms with E-state index in [1.165, 1.54) is 29.2 Å². The molecule has 0 N–H and O–H groups in total. The third-order valence-corrected chi connectivity index (χ3v) is 5.45. The van der Waals surface area contributed by atoms with Crippen LogP contribution in [0, 0.1) is 18.7 Å². The van der Waals surface area contributed by atoms with Crippen LogP contribution in [-0.2, 0) is 17.8 Å². The first-order valence-electron chi connectivity index (χ1n) is 9.25. The first-order chi connectivity index (χ1) is 13.9. The van der Waals surface area contributed by atoms with Gasteiger partial charge in [0.2, 0.25) is 5.91 Å². The summed E-state index contributed by atoms with van der Waals surface area (Å²) in [6.07, 6.45) is 4.04. The van der Waals surface area contributed by atoms with Gasteiger partial charge < -0.3 is 4.90 Å². The topological polar surface area (TPSA) is 55.2 Å². The molecule has 2 aromatic heterocycles. The van der Waals surface area contributed by atoms with Gasteiger partial charge >= 0.3 is 0 Å². The standard InChI is InChI=1S/C22H19F2N3O2/c1-13-15(12-27-20(24)4-3-5-22(27)29)10-25-11-17(13)16-8-14-6-7-21(28)26(2)19(14)9-18(16)23/h3-5,8-11H,6-7,12H2,1-2H3. The van der Waals surface area contributed by atoms with Crippen LogP contribution in [0.1, 0.15) is 23.1 Å². The zero-order valence-corrected chi connectivity index (χ0v) is 16.1. The number of nitrogens with zero attached hydrogens (tertiary/aromatic N) is 3. The molecule has 5 nitrogen and oxygen atoms in total. The fourth-order valence-corrected chi connectivity index (χ4v) is 3.69. The highest BCUT2D eigenvalue weighted by Gasteiger charge is 2.24. The van der Waals surface area contributed by atoms with Crippen molar-refractivity contribution in [2.24, 2.45) is 0 Å². The molecule has 0 spiro atoms. The van der Waals surface area contributed by atoms with Crippen LogP contribution < -0.4 is 10.5 Å². The Morgan fingerprint density at radius 3 is 2.62 bits per heavy atom. The third kappa shape index (κ3) is 3.33. The molecule has 0 atom stereocenters. The van der Waals surface area contributed by atoms with Crippen LogP contribution in [0.5, 0.6) is 0 Å². The van der Waals surface area contributed by atoms with Crippen LogP contribution >= 0.6 is 0 Å². The molecule has 29 heavy (non-hydrogen) atoms. The Hall–Kier alpha value is -3.35. The lowest BCUT2D eigenvalue weighted by Crippen LogP contribution is -2.31. The highest BCUT2D eigenvalue weighted by molar-refractivity contribution is 5.96. The summed E-state index contributed by atoms with van der Waals surface area (Å²) in [5, 5.41) is 0. The second kappa shape index (κ2) is 7.24. The number of hydrogen-bond acceptors (Lipinski definition) is 3. The predicted molar refractivity (Wildman–Crippen MR) is 106 cm³/mol. The first-order valence-corrected chi connectivity index (χ1v) is 9.25. The van der Waals surface area contributed by atoms with Crippen molar-refractivity contribution in [3.8, 4) is 11.1 Å². The number of anilines is 1. The lowest BCUT2D eigenvalue weighted by Gasteiger charge is -2.26. The molecule has 0 radical (unpaired) electrons. The summed E-state index contributed by atoms with van der Waals surface area (Å²) in [7, 11) is 1.64. The Kier molecular flexibility index (Phi) is 4.74. The monoisotopic (exact) mass is 395 g/mol. The molecule has 0 bridgehead atoms. The molecule has 0 unspecified atom stereocenters. The molecular weight excluding hydrogens is 376 g/mol. The fraction of sp³-hybridized carbons (Fsp3) is 0.227. The zero-order valence-electron chi connectivity index (χ0n) is 16.1. The van der Waals surface area contributed by atoms with Gasteiger partial charge in [-0.15, -0.1) is 0 Å². The SMILES string of the molecule is Cc1c(Cn2c(F)cccc2=O)cncc1-c1cc2c(cc1F)N(C)C(=O)CC2. The van der Waals surface area contributed by atoms with E-state index in [4.69, 9.17) is 0 Å². The molecule has 0 saturated carbocycles. The second-order valence-corrected chi connectivity index (χ2v) is 7.16. The smallest absolute Gasteiger partial charge is 0.253 e. The molecule has 7 heteroatoms. The van der Waals surface area contributed by atoms with Crippen LogP contribution in [0.25, 0.3) is 11.1 Å². The van der Waals surface area contributed by atoms with Gasteiger partial charge in [-0.2, -0.15) is 4.39 Å². The van der Waals surface area contributed by atoms with Gasteiger partial charge in [0.1, 0.15) is 5.82 Å². The minimum Gasteiger partial charge on any atom is -0.315 e. The number of benzene rings is 1. The van der Waals surface area contributed by atoms with Gasteiger partial charge in [0, 0.05) is 48.7 Å². The minimum atomic E-state index is -0.644. The number of hydrogen-bond donors (Lipinski definition) is 0. The van der Waals surface area contributed by atoms with Crippen molar-refractivity contribution < 1.29 is 13.6 Å². The van der Waals surface area contributed by atoms with Gasteiger partial charge in [-0.1, -0.05) is 6.07 Å². The lowest BCUT2D eigenvalue weighted by molar-refractivity contribution is -0.118. The normalized spacial score (nSPS) is 13.5. The molecule has 1 aliphatic heterocycles. The van der Waals surface area contributed by atoms with Crippen molar-refractivity contribution in [1.29, 1.82) is 0 Å². The third-order valence-electron chi connectivity index (χ3n) is 5.45. The average molecular weight is 395 g/mol. The molecular formula is C22H19F2N3O2. The van der Waals surface area contributed by atoms with Crippen LogP contribution in [0.4, 0.5) is 14.5 Å². The van der Waals surface area contributed by atoms with Crippen molar-refractivity contribution >= 4 is 11.6 Å². The van der Waals surface area contributed by atoms with E-state index in [9.17, 15) is 18.4 Å². The van der Waals surface area contributed by atoms with Crippen molar-refractivity contribution in [2.45, 2.75) is 26.3 Å². The number of pyridine rings is 2. The van der Waals surface area contributed by atoms with Crippen LogP contribution in [0.3, 0.4) is 0 Å². The Bertz CT molecular complexity index is 1190. The molecule has 1 aromatic carbocycles. The molecule has 1 amide bonds. The second-order valence-electron chi connectivity index (χ2n) is 7.16. The van der Waals surface area contributed by atoms with Gasteiger partial charge in [-0.25, -0.2) is 4.39 Å². The zero-order chi connectivity index (χ0) is 20.7. The summed E-state index contributed by atoms with van der Waals surface area (Å²) >= 11 is 0. The van der Waals surface area contributed by atoms with Gasteiger partial charge in [-0.05, 0) is 48.2 Å². The van der Waals surface area contributed by atoms with Crippen molar-refractivity contribution in [2.75, 3.05) is 11.9 Å². The number of aryl methyl sites for hydroxylation is 1. The quantitative estimate of drug-likeness (QED) is 0.639. The van der Waals surface area contributed by atoms with Gasteiger partial charge in [-0.3, -0.25) is 19.1 Å². The number of amides is 1. The van der Waals surface area contributed by atoms with E-state index in [1.807, 2.05) is 0 Å². The number of carbonyl (C=O) groups excluding carboxylic acids is 1. The van der Waals surface area contributed by atoms with Crippen LogP contribution in [0.2, 0.25) is 0 Å². The van der Waals surface area contributed by atoms with Crippen molar-refractivity contribution in [1.82, 2.24) is 9.55 Å². The van der Waals surface area contributed by atoms with Gasteiger partial charge in [0.15, 0.2) is 5.95 Å². The number of rotatable bonds is 3. The molecule has 148 valence electrons. The number of halogens is 2. The van der Waals surface area contributed by atoms with E-state index in [-0.39, 0.29) is 12.5 Å². The summed E-state index contributed by atoms with van der Waals surface area (Å²) in [6.45, 7) is 1.80. The van der Waals surface area contributed by atoms with E-state index in [0.717, 1.165) is 10.1 Å². The van der Waals surface area contributed by atoms with Crippen LogP contribution in [-0.4, -0.2) is 22.5 Å². The van der Waals surface area contributed by atoms with Gasteiger partial charge in [0.25, 0.3) is 5.56 Å². The van der Waals surface area contributed by atoms with Crippen molar-refractivity contribution in [3.63, 3.8) is 0 Å². The maximum atomic E-state index is 14.9. The molecule has 0 aliphatic carbocycles. The molecule has 1 aliphatic rings. The highest BCUT2D eigenvalue weighted by atomic mass is 19.1. The highest BCUT2D eigenvalue weighted by Crippen LogP contribution is 2.35. The average Bonchev–Trinajstić information content (AvgIpc) is 2.69. The minimum absolute atomic E-state index is 0.00196. The Morgan fingerprint density at radius 2 is 1.86 bits per heavy atom. The predicted octanol–water partition coefficient (Wildman–Crippen LogP) is 3.45. The molecule has 0 fully saturated rings. The van der Waals surface area contributed by atoms with E-state index < -0.39 is 17.3 Å². The Balaban J connectivity index is 1.79. The first kappa shape index (κ1) is 19.0. The van der Waals surface area contributed by atoms with Crippen LogP contribution in [0.15, 0.2) is 47.5 Å². The number of fused-ring (bicyclic) bond motifs is 1. The Labute approximate surface area is 166 Å².